The smallest absolute Gasteiger partial charge is 0.405 e. The largest absolute Gasteiger partial charge is 0.465 e. The SMILES string of the molecule is O=C(O)NC1(Cc2nnc(C3CCC4CN3C(=O)N4OCc3ccccc3)o2)CC1. The molecule has 2 saturated heterocycles. The molecule has 1 aliphatic carbocycles. The van der Waals surface area contributed by atoms with Crippen molar-refractivity contribution in [3.05, 3.63) is 47.7 Å². The summed E-state index contributed by atoms with van der Waals surface area (Å²) < 4.78 is 5.84. The van der Waals surface area contributed by atoms with Crippen LogP contribution in [0, 0.1) is 0 Å². The molecule has 158 valence electrons. The zero-order valence-electron chi connectivity index (χ0n) is 16.4. The first-order valence-electron chi connectivity index (χ1n) is 10.1. The van der Waals surface area contributed by atoms with Gasteiger partial charge in [0.1, 0.15) is 12.6 Å². The number of fused-ring (bicyclic) bond motifs is 2. The van der Waals surface area contributed by atoms with Crippen LogP contribution in [0.1, 0.15) is 49.1 Å². The lowest BCUT2D eigenvalue weighted by Crippen LogP contribution is -2.37. The third-order valence-corrected chi connectivity index (χ3v) is 6.02. The molecule has 2 aromatic rings. The number of amides is 3. The van der Waals surface area contributed by atoms with Gasteiger partial charge >= 0.3 is 12.1 Å². The van der Waals surface area contributed by atoms with Crippen LogP contribution in [0.25, 0.3) is 0 Å². The summed E-state index contributed by atoms with van der Waals surface area (Å²) in [6.45, 7) is 0.894. The number of hydroxylamine groups is 2. The molecule has 1 aromatic carbocycles. The minimum Gasteiger partial charge on any atom is -0.465 e. The maximum Gasteiger partial charge on any atom is 0.405 e. The van der Waals surface area contributed by atoms with Gasteiger partial charge in [0.25, 0.3) is 0 Å². The standard InChI is InChI=1S/C20H23N5O5/c26-18(27)21-20(8-9-20)10-16-22-23-17(30-16)15-7-6-14-11-24(15)19(28)25(14)29-12-13-4-2-1-3-5-13/h1-5,14-15,21H,6-12H2,(H,26,27). The topological polar surface area (TPSA) is 121 Å². The molecule has 3 aliphatic rings. The molecule has 10 heteroatoms. The van der Waals surface area contributed by atoms with Crippen molar-refractivity contribution < 1.29 is 24.0 Å². The molecule has 1 saturated carbocycles. The number of hydrogen-bond acceptors (Lipinski definition) is 6. The maximum atomic E-state index is 12.9. The Morgan fingerprint density at radius 3 is 2.80 bits per heavy atom. The normalized spacial score (nSPS) is 24.2. The van der Waals surface area contributed by atoms with Crippen LogP contribution in [0.2, 0.25) is 0 Å². The van der Waals surface area contributed by atoms with E-state index >= 15 is 0 Å². The van der Waals surface area contributed by atoms with Crippen molar-refractivity contribution in [1.82, 2.24) is 25.5 Å². The van der Waals surface area contributed by atoms with Crippen molar-refractivity contribution in [2.24, 2.45) is 0 Å². The van der Waals surface area contributed by atoms with Gasteiger partial charge in [0.2, 0.25) is 11.8 Å². The molecule has 2 bridgehead atoms. The first kappa shape index (κ1) is 18.9. The predicted octanol–water partition coefficient (Wildman–Crippen LogP) is 2.49. The lowest BCUT2D eigenvalue weighted by Gasteiger charge is -2.27. The monoisotopic (exact) mass is 413 g/mol. The number of carbonyl (C=O) groups is 2. The van der Waals surface area contributed by atoms with Crippen LogP contribution in [-0.4, -0.2) is 55.5 Å². The molecule has 10 nitrogen and oxygen atoms in total. The lowest BCUT2D eigenvalue weighted by atomic mass is 10.0. The highest BCUT2D eigenvalue weighted by Crippen LogP contribution is 2.40. The first-order valence-corrected chi connectivity index (χ1v) is 10.1. The lowest BCUT2D eigenvalue weighted by molar-refractivity contribution is -0.140. The van der Waals surface area contributed by atoms with E-state index in [1.807, 2.05) is 30.3 Å². The van der Waals surface area contributed by atoms with Gasteiger partial charge in [-0.25, -0.2) is 9.59 Å². The second-order valence-electron chi connectivity index (χ2n) is 8.19. The van der Waals surface area contributed by atoms with E-state index in [0.29, 0.717) is 37.8 Å². The van der Waals surface area contributed by atoms with Gasteiger partial charge in [-0.15, -0.1) is 10.2 Å². The zero-order valence-corrected chi connectivity index (χ0v) is 16.4. The highest BCUT2D eigenvalue weighted by molar-refractivity contribution is 5.77. The number of carboxylic acid groups (broad SMARTS) is 1. The molecule has 2 N–H and O–H groups in total. The minimum absolute atomic E-state index is 0.00866. The van der Waals surface area contributed by atoms with Crippen molar-refractivity contribution in [3.63, 3.8) is 0 Å². The maximum absolute atomic E-state index is 12.9. The van der Waals surface area contributed by atoms with E-state index in [1.165, 1.54) is 5.06 Å². The number of hydrogen-bond donors (Lipinski definition) is 2. The Balaban J connectivity index is 1.24. The average molecular weight is 413 g/mol. The molecule has 3 amide bonds. The van der Waals surface area contributed by atoms with Gasteiger partial charge in [-0.1, -0.05) is 30.3 Å². The Morgan fingerprint density at radius 2 is 2.07 bits per heavy atom. The second kappa shape index (κ2) is 7.28. The fourth-order valence-electron chi connectivity index (χ4n) is 4.26. The molecule has 3 heterocycles. The van der Waals surface area contributed by atoms with Crippen molar-refractivity contribution in [3.8, 4) is 0 Å². The number of benzene rings is 1. The third kappa shape index (κ3) is 3.58. The molecule has 2 atom stereocenters. The fraction of sp³-hybridized carbons (Fsp3) is 0.500. The quantitative estimate of drug-likeness (QED) is 0.715. The highest BCUT2D eigenvalue weighted by Gasteiger charge is 2.49. The Bertz CT molecular complexity index is 944. The average Bonchev–Trinajstić information content (AvgIpc) is 3.23. The van der Waals surface area contributed by atoms with Gasteiger partial charge in [0.05, 0.1) is 11.6 Å². The molecular formula is C20H23N5O5. The van der Waals surface area contributed by atoms with Gasteiger partial charge in [-0.2, -0.15) is 5.06 Å². The summed E-state index contributed by atoms with van der Waals surface area (Å²) in [7, 11) is 0. The second-order valence-corrected chi connectivity index (χ2v) is 8.19. The van der Waals surface area contributed by atoms with E-state index < -0.39 is 11.6 Å². The highest BCUT2D eigenvalue weighted by atomic mass is 16.7. The third-order valence-electron chi connectivity index (χ3n) is 6.02. The molecule has 2 unspecified atom stereocenters. The van der Waals surface area contributed by atoms with Crippen LogP contribution < -0.4 is 5.32 Å². The van der Waals surface area contributed by atoms with Crippen LogP contribution >= 0.6 is 0 Å². The Labute approximate surface area is 172 Å². The number of piperidine rings is 1. The van der Waals surface area contributed by atoms with Crippen LogP contribution in [0.4, 0.5) is 9.59 Å². The van der Waals surface area contributed by atoms with Crippen LogP contribution in [-0.2, 0) is 17.9 Å². The van der Waals surface area contributed by atoms with E-state index in [1.54, 1.807) is 4.90 Å². The molecule has 1 aromatic heterocycles. The number of nitrogens with zero attached hydrogens (tertiary/aromatic N) is 4. The van der Waals surface area contributed by atoms with Crippen molar-refractivity contribution in [2.45, 2.75) is 56.3 Å². The van der Waals surface area contributed by atoms with E-state index in [2.05, 4.69) is 15.5 Å². The Morgan fingerprint density at radius 1 is 1.27 bits per heavy atom. The van der Waals surface area contributed by atoms with E-state index in [9.17, 15) is 9.59 Å². The minimum atomic E-state index is -1.05. The molecule has 3 fully saturated rings. The van der Waals surface area contributed by atoms with Crippen molar-refractivity contribution in [1.29, 1.82) is 0 Å². The van der Waals surface area contributed by atoms with Gasteiger partial charge in [0, 0.05) is 13.0 Å². The number of aromatic nitrogens is 2. The van der Waals surface area contributed by atoms with Gasteiger partial charge in [0.15, 0.2) is 0 Å². The van der Waals surface area contributed by atoms with Gasteiger partial charge in [-0.05, 0) is 31.2 Å². The van der Waals surface area contributed by atoms with Crippen molar-refractivity contribution in [2.75, 3.05) is 6.54 Å². The summed E-state index contributed by atoms with van der Waals surface area (Å²) in [4.78, 5) is 31.4. The molecule has 2 aliphatic heterocycles. The zero-order chi connectivity index (χ0) is 20.7. The van der Waals surface area contributed by atoms with E-state index in [-0.39, 0.29) is 18.1 Å². The predicted molar refractivity (Wildman–Crippen MR) is 102 cm³/mol. The molecule has 0 radical (unpaired) electrons. The molecule has 30 heavy (non-hydrogen) atoms. The van der Waals surface area contributed by atoms with Crippen LogP contribution in [0.5, 0.6) is 0 Å². The molecule has 0 spiro atoms. The van der Waals surface area contributed by atoms with Crippen LogP contribution in [0.15, 0.2) is 34.7 Å². The first-order chi connectivity index (χ1) is 14.5. The molecular weight excluding hydrogens is 390 g/mol. The summed E-state index contributed by atoms with van der Waals surface area (Å²) in [5, 5.41) is 21.2. The summed E-state index contributed by atoms with van der Waals surface area (Å²) in [6, 6.07) is 9.26. The summed E-state index contributed by atoms with van der Waals surface area (Å²) in [5.74, 6) is 0.787. The summed E-state index contributed by atoms with van der Waals surface area (Å²) >= 11 is 0. The van der Waals surface area contributed by atoms with Gasteiger partial charge < -0.3 is 19.7 Å². The van der Waals surface area contributed by atoms with E-state index in [0.717, 1.165) is 24.8 Å². The molecule has 5 rings (SSSR count). The van der Waals surface area contributed by atoms with Gasteiger partial charge in [-0.3, -0.25) is 4.84 Å². The number of nitrogens with one attached hydrogen (secondary N) is 1. The van der Waals surface area contributed by atoms with Crippen LogP contribution in [0.3, 0.4) is 0 Å². The Hall–Kier alpha value is -3.14. The summed E-state index contributed by atoms with van der Waals surface area (Å²) in [6.07, 6.45) is 2.30. The number of rotatable bonds is 7. The Kier molecular flexibility index (Phi) is 4.58. The fourth-order valence-corrected chi connectivity index (χ4v) is 4.26. The van der Waals surface area contributed by atoms with Crippen molar-refractivity contribution >= 4 is 12.1 Å². The van der Waals surface area contributed by atoms with E-state index in [4.69, 9.17) is 14.4 Å². The number of urea groups is 1. The summed E-state index contributed by atoms with van der Waals surface area (Å²) in [5.41, 5.74) is 0.502. The number of carbonyl (C=O) groups excluding carboxylic acids is 1.